The maximum absolute atomic E-state index is 13.5. The molecule has 0 spiro atoms. The number of carbonyl (C=O) groups excluding carboxylic acids is 1. The molecule has 1 aliphatic rings. The Morgan fingerprint density at radius 3 is 2.44 bits per heavy atom. The van der Waals surface area contributed by atoms with Gasteiger partial charge in [0.15, 0.2) is 6.29 Å². The number of carbonyl (C=O) groups is 1. The summed E-state index contributed by atoms with van der Waals surface area (Å²) < 4.78 is 49.6. The predicted molar refractivity (Wildman–Crippen MR) is 146 cm³/mol. The highest BCUT2D eigenvalue weighted by Crippen LogP contribution is 2.22. The van der Waals surface area contributed by atoms with E-state index in [2.05, 4.69) is 5.32 Å². The molecule has 2 N–H and O–H groups in total. The van der Waals surface area contributed by atoms with Gasteiger partial charge in [-0.15, -0.1) is 0 Å². The Bertz CT molecular complexity index is 1110. The lowest BCUT2D eigenvalue weighted by Crippen LogP contribution is -2.51. The molecule has 3 atom stereocenters. The second-order valence-corrected chi connectivity index (χ2v) is 11.8. The lowest BCUT2D eigenvalue weighted by molar-refractivity contribution is -0.117. The number of hydrogen-bond donors (Lipinski definition) is 2. The number of sulfonamides is 1. The van der Waals surface area contributed by atoms with Crippen molar-refractivity contribution < 1.29 is 37.3 Å². The number of alkyl carbamates (subject to hydrolysis) is 1. The number of rotatable bonds is 15. The molecule has 10 nitrogen and oxygen atoms in total. The van der Waals surface area contributed by atoms with Gasteiger partial charge < -0.3 is 29.4 Å². The minimum Gasteiger partial charge on any atom is -0.497 e. The SMILES string of the molecule is COc1ccc(S(=O)(=O)N(CC(C)C)C[C@@H](O)[C@H](Cc2ccccc2)NC(=O)OCCO[C@@H]2CCCO2)cc1. The molecule has 11 heteroatoms. The second-order valence-electron chi connectivity index (χ2n) is 9.85. The van der Waals surface area contributed by atoms with E-state index in [1.807, 2.05) is 44.2 Å². The number of ether oxygens (including phenoxy) is 4. The fourth-order valence-electron chi connectivity index (χ4n) is 4.25. The van der Waals surface area contributed by atoms with Crippen LogP contribution in [0.1, 0.15) is 32.3 Å². The lowest BCUT2D eigenvalue weighted by Gasteiger charge is -2.30. The van der Waals surface area contributed by atoms with Crippen molar-refractivity contribution in [3.63, 3.8) is 0 Å². The first-order valence-corrected chi connectivity index (χ1v) is 14.7. The monoisotopic (exact) mass is 564 g/mol. The molecular formula is C28H40N2O8S. The normalized spacial score (nSPS) is 17.2. The summed E-state index contributed by atoms with van der Waals surface area (Å²) in [4.78, 5) is 12.7. The van der Waals surface area contributed by atoms with Gasteiger partial charge in [-0.25, -0.2) is 13.2 Å². The molecular weight excluding hydrogens is 524 g/mol. The van der Waals surface area contributed by atoms with Gasteiger partial charge in [-0.3, -0.25) is 0 Å². The van der Waals surface area contributed by atoms with Crippen LogP contribution in [0.4, 0.5) is 4.79 Å². The summed E-state index contributed by atoms with van der Waals surface area (Å²) in [6.07, 6.45) is -0.186. The van der Waals surface area contributed by atoms with E-state index in [4.69, 9.17) is 18.9 Å². The molecule has 0 radical (unpaired) electrons. The Kier molecular flexibility index (Phi) is 12.0. The van der Waals surface area contributed by atoms with Gasteiger partial charge in [0.1, 0.15) is 12.4 Å². The largest absolute Gasteiger partial charge is 0.497 e. The Balaban J connectivity index is 1.70. The fourth-order valence-corrected chi connectivity index (χ4v) is 5.87. The predicted octanol–water partition coefficient (Wildman–Crippen LogP) is 3.19. The van der Waals surface area contributed by atoms with Crippen LogP contribution in [0.5, 0.6) is 5.75 Å². The van der Waals surface area contributed by atoms with Crippen LogP contribution < -0.4 is 10.1 Å². The van der Waals surface area contributed by atoms with Gasteiger partial charge in [-0.2, -0.15) is 4.31 Å². The van der Waals surface area contributed by atoms with Crippen LogP contribution in [0.25, 0.3) is 0 Å². The second kappa shape index (κ2) is 15.2. The fraction of sp³-hybridized carbons (Fsp3) is 0.536. The Morgan fingerprint density at radius 2 is 1.82 bits per heavy atom. The van der Waals surface area contributed by atoms with E-state index in [1.54, 1.807) is 12.1 Å². The molecule has 1 saturated heterocycles. The lowest BCUT2D eigenvalue weighted by atomic mass is 10.0. The highest BCUT2D eigenvalue weighted by molar-refractivity contribution is 7.89. The van der Waals surface area contributed by atoms with Gasteiger partial charge in [0.25, 0.3) is 0 Å². The molecule has 216 valence electrons. The third-order valence-corrected chi connectivity index (χ3v) is 8.08. The summed E-state index contributed by atoms with van der Waals surface area (Å²) >= 11 is 0. The molecule has 1 heterocycles. The third kappa shape index (κ3) is 9.77. The summed E-state index contributed by atoms with van der Waals surface area (Å²) in [5.74, 6) is 0.538. The number of benzene rings is 2. The van der Waals surface area contributed by atoms with Crippen LogP contribution in [-0.4, -0.2) is 82.4 Å². The third-order valence-electron chi connectivity index (χ3n) is 6.23. The van der Waals surface area contributed by atoms with Crippen LogP contribution >= 0.6 is 0 Å². The molecule has 1 amide bonds. The Hall–Kier alpha value is -2.70. The first kappa shape index (κ1) is 30.8. The molecule has 0 unspecified atom stereocenters. The molecule has 3 rings (SSSR count). The zero-order chi connectivity index (χ0) is 28.3. The number of nitrogens with zero attached hydrogens (tertiary/aromatic N) is 1. The van der Waals surface area contributed by atoms with E-state index < -0.39 is 28.3 Å². The zero-order valence-corrected chi connectivity index (χ0v) is 23.6. The van der Waals surface area contributed by atoms with Gasteiger partial charge >= 0.3 is 6.09 Å². The topological polar surface area (TPSA) is 124 Å². The van der Waals surface area contributed by atoms with E-state index in [1.165, 1.54) is 23.5 Å². The highest BCUT2D eigenvalue weighted by atomic mass is 32.2. The standard InChI is InChI=1S/C28H40N2O8S/c1-21(2)19-30(39(33,34)24-13-11-23(35-3)12-14-24)20-26(31)25(18-22-8-5-4-6-9-22)29-28(32)38-17-16-37-27-10-7-15-36-27/h4-6,8-9,11-14,21,25-27,31H,7,10,15-20H2,1-3H3,(H,29,32)/t25-,26+,27+/m0/s1. The van der Waals surface area contributed by atoms with Crippen LogP contribution in [-0.2, 0) is 30.7 Å². The quantitative estimate of drug-likeness (QED) is 0.316. The van der Waals surface area contributed by atoms with Crippen molar-refractivity contribution >= 4 is 16.1 Å². The Morgan fingerprint density at radius 1 is 1.10 bits per heavy atom. The highest BCUT2D eigenvalue weighted by Gasteiger charge is 2.31. The number of hydrogen-bond acceptors (Lipinski definition) is 8. The summed E-state index contributed by atoms with van der Waals surface area (Å²) in [5.41, 5.74) is 0.872. The minimum absolute atomic E-state index is 0.000400. The van der Waals surface area contributed by atoms with Gasteiger partial charge in [0, 0.05) is 26.1 Å². The molecule has 0 aliphatic carbocycles. The molecule has 1 fully saturated rings. The number of methoxy groups -OCH3 is 1. The van der Waals surface area contributed by atoms with E-state index in [0.717, 1.165) is 18.4 Å². The molecule has 0 bridgehead atoms. The van der Waals surface area contributed by atoms with Crippen LogP contribution in [0.15, 0.2) is 59.5 Å². The summed E-state index contributed by atoms with van der Waals surface area (Å²) in [6.45, 7) is 4.64. The van der Waals surface area contributed by atoms with E-state index >= 15 is 0 Å². The van der Waals surface area contributed by atoms with Crippen LogP contribution in [0, 0.1) is 5.92 Å². The molecule has 0 saturated carbocycles. The van der Waals surface area contributed by atoms with Crippen molar-refractivity contribution in [3.8, 4) is 5.75 Å². The van der Waals surface area contributed by atoms with Crippen molar-refractivity contribution in [1.29, 1.82) is 0 Å². The summed E-state index contributed by atoms with van der Waals surface area (Å²) in [7, 11) is -2.42. The van der Waals surface area contributed by atoms with Crippen molar-refractivity contribution in [2.75, 3.05) is 40.0 Å². The summed E-state index contributed by atoms with van der Waals surface area (Å²) in [5, 5.41) is 14.0. The van der Waals surface area contributed by atoms with Gasteiger partial charge in [0.05, 0.1) is 30.8 Å². The zero-order valence-electron chi connectivity index (χ0n) is 22.8. The number of amides is 1. The van der Waals surface area contributed by atoms with Gasteiger partial charge in [-0.05, 0) is 48.6 Å². The first-order valence-electron chi connectivity index (χ1n) is 13.2. The van der Waals surface area contributed by atoms with Gasteiger partial charge in [0.2, 0.25) is 10.0 Å². The summed E-state index contributed by atoms with van der Waals surface area (Å²) in [6, 6.07) is 14.6. The first-order chi connectivity index (χ1) is 18.7. The molecule has 1 aliphatic heterocycles. The van der Waals surface area contributed by atoms with E-state index in [-0.39, 0.29) is 49.8 Å². The average Bonchev–Trinajstić information content (AvgIpc) is 3.44. The van der Waals surface area contributed by atoms with Crippen LogP contribution in [0.2, 0.25) is 0 Å². The van der Waals surface area contributed by atoms with Crippen molar-refractivity contribution in [2.24, 2.45) is 5.92 Å². The number of nitrogens with one attached hydrogen (secondary N) is 1. The molecule has 0 aromatic heterocycles. The van der Waals surface area contributed by atoms with Crippen molar-refractivity contribution in [1.82, 2.24) is 9.62 Å². The molecule has 39 heavy (non-hydrogen) atoms. The average molecular weight is 565 g/mol. The smallest absolute Gasteiger partial charge is 0.407 e. The van der Waals surface area contributed by atoms with Crippen molar-refractivity contribution in [2.45, 2.75) is 56.4 Å². The van der Waals surface area contributed by atoms with Crippen molar-refractivity contribution in [3.05, 3.63) is 60.2 Å². The van der Waals surface area contributed by atoms with Gasteiger partial charge in [-0.1, -0.05) is 44.2 Å². The maximum Gasteiger partial charge on any atom is 0.407 e. The maximum atomic E-state index is 13.5. The van der Waals surface area contributed by atoms with E-state index in [9.17, 15) is 18.3 Å². The molecule has 2 aromatic rings. The Labute approximate surface area is 231 Å². The molecule has 2 aromatic carbocycles. The number of aliphatic hydroxyl groups is 1. The minimum atomic E-state index is -3.93. The van der Waals surface area contributed by atoms with E-state index in [0.29, 0.717) is 12.4 Å². The van der Waals surface area contributed by atoms with Crippen LogP contribution in [0.3, 0.4) is 0 Å². The number of aliphatic hydroxyl groups excluding tert-OH is 1.